The van der Waals surface area contributed by atoms with Crippen LogP contribution in [0.4, 0.5) is 22.7 Å². The van der Waals surface area contributed by atoms with E-state index >= 15 is 0 Å². The van der Waals surface area contributed by atoms with Crippen molar-refractivity contribution in [2.45, 2.75) is 25.3 Å². The maximum absolute atomic E-state index is 14.0. The molecule has 3 aromatic carbocycles. The van der Waals surface area contributed by atoms with Gasteiger partial charge >= 0.3 is 5.97 Å². The van der Waals surface area contributed by atoms with Crippen molar-refractivity contribution in [1.82, 2.24) is 4.90 Å². The first-order chi connectivity index (χ1) is 19.8. The summed E-state index contributed by atoms with van der Waals surface area (Å²) in [6.07, 6.45) is 0. The number of carbonyl (C=O) groups is 3. The molecule has 1 fully saturated rings. The highest BCUT2D eigenvalue weighted by molar-refractivity contribution is 8.19. The Morgan fingerprint density at radius 3 is 2.49 bits per heavy atom. The van der Waals surface area contributed by atoms with Crippen molar-refractivity contribution < 1.29 is 19.1 Å². The first kappa shape index (κ1) is 28.3. The summed E-state index contributed by atoms with van der Waals surface area (Å²) in [6.45, 7) is 3.87. The standard InChI is InChI=1S/C30H29N5O4S2/c1-4-31-22-15-14-21(32-26(37)18-39-19(2)36)16-23(22)33-30-35(17-20-10-6-5-7-11-20)28(38)27(41-30)29-34(3)24-12-8-9-13-25(24)40-29/h5-16,31H,4,17-18H2,1-3H3,(H,32,37)/b29-27-,33-30?. The molecule has 2 amide bonds. The molecule has 1 saturated heterocycles. The lowest BCUT2D eigenvalue weighted by Crippen LogP contribution is -2.29. The second kappa shape index (κ2) is 12.5. The molecule has 9 nitrogen and oxygen atoms in total. The fourth-order valence-electron chi connectivity index (χ4n) is 4.33. The highest BCUT2D eigenvalue weighted by Gasteiger charge is 2.39. The van der Waals surface area contributed by atoms with Gasteiger partial charge in [-0.15, -0.1) is 0 Å². The number of benzene rings is 3. The van der Waals surface area contributed by atoms with Gasteiger partial charge in [0.2, 0.25) is 0 Å². The molecule has 210 valence electrons. The van der Waals surface area contributed by atoms with E-state index in [-0.39, 0.29) is 12.5 Å². The lowest BCUT2D eigenvalue weighted by molar-refractivity contribution is -0.144. The Labute approximate surface area is 247 Å². The van der Waals surface area contributed by atoms with Gasteiger partial charge in [0.25, 0.3) is 11.8 Å². The Morgan fingerprint density at radius 2 is 1.76 bits per heavy atom. The zero-order valence-electron chi connectivity index (χ0n) is 22.8. The third kappa shape index (κ3) is 6.41. The Kier molecular flexibility index (Phi) is 8.65. The molecule has 0 saturated carbocycles. The number of nitrogens with one attached hydrogen (secondary N) is 2. The number of para-hydroxylation sites is 1. The van der Waals surface area contributed by atoms with Gasteiger partial charge in [-0.2, -0.15) is 0 Å². The molecule has 11 heteroatoms. The number of ether oxygens (including phenoxy) is 1. The van der Waals surface area contributed by atoms with Crippen molar-refractivity contribution in [3.05, 3.63) is 88.3 Å². The van der Waals surface area contributed by atoms with Gasteiger partial charge in [-0.25, -0.2) is 4.99 Å². The van der Waals surface area contributed by atoms with E-state index < -0.39 is 11.9 Å². The summed E-state index contributed by atoms with van der Waals surface area (Å²) in [5.41, 5.74) is 3.85. The van der Waals surface area contributed by atoms with Crippen molar-refractivity contribution in [3.63, 3.8) is 0 Å². The van der Waals surface area contributed by atoms with E-state index in [9.17, 15) is 14.4 Å². The van der Waals surface area contributed by atoms with Crippen LogP contribution in [-0.2, 0) is 25.7 Å². The van der Waals surface area contributed by atoms with Crippen LogP contribution in [0, 0.1) is 0 Å². The van der Waals surface area contributed by atoms with Crippen molar-refractivity contribution in [2.24, 2.45) is 4.99 Å². The van der Waals surface area contributed by atoms with Crippen molar-refractivity contribution in [1.29, 1.82) is 0 Å². The summed E-state index contributed by atoms with van der Waals surface area (Å²) in [4.78, 5) is 47.7. The van der Waals surface area contributed by atoms with Crippen LogP contribution in [0.15, 0.2) is 92.6 Å². The maximum atomic E-state index is 14.0. The average Bonchev–Trinajstić information content (AvgIpc) is 3.45. The van der Waals surface area contributed by atoms with Crippen molar-refractivity contribution >= 4 is 69.2 Å². The molecule has 2 aliphatic heterocycles. The first-order valence-electron chi connectivity index (χ1n) is 13.0. The predicted octanol–water partition coefficient (Wildman–Crippen LogP) is 5.79. The van der Waals surface area contributed by atoms with Gasteiger partial charge in [-0.3, -0.25) is 19.3 Å². The molecule has 0 bridgehead atoms. The Bertz CT molecular complexity index is 1560. The minimum absolute atomic E-state index is 0.115. The molecule has 2 N–H and O–H groups in total. The third-order valence-corrected chi connectivity index (χ3v) is 8.68. The molecule has 2 aliphatic rings. The number of hydrogen-bond acceptors (Lipinski definition) is 9. The molecule has 0 atom stereocenters. The number of anilines is 3. The number of thioether (sulfide) groups is 2. The van der Waals surface area contributed by atoms with E-state index in [0.29, 0.717) is 34.5 Å². The highest BCUT2D eigenvalue weighted by atomic mass is 32.2. The molecule has 0 aliphatic carbocycles. The number of nitrogens with zero attached hydrogens (tertiary/aromatic N) is 3. The maximum Gasteiger partial charge on any atom is 0.303 e. The van der Waals surface area contributed by atoms with Gasteiger partial charge in [-0.1, -0.05) is 54.2 Å². The van der Waals surface area contributed by atoms with E-state index in [0.717, 1.165) is 26.9 Å². The fourth-order valence-corrected chi connectivity index (χ4v) is 6.67. The fraction of sp³-hybridized carbons (Fsp3) is 0.200. The van der Waals surface area contributed by atoms with Crippen LogP contribution < -0.4 is 15.5 Å². The molecule has 0 spiro atoms. The lowest BCUT2D eigenvalue weighted by Gasteiger charge is -2.17. The van der Waals surface area contributed by atoms with E-state index in [1.807, 2.05) is 73.5 Å². The lowest BCUT2D eigenvalue weighted by atomic mass is 10.2. The average molecular weight is 588 g/mol. The summed E-state index contributed by atoms with van der Waals surface area (Å²) >= 11 is 2.92. The van der Waals surface area contributed by atoms with Crippen LogP contribution in [0.1, 0.15) is 19.4 Å². The number of rotatable bonds is 8. The van der Waals surface area contributed by atoms with Gasteiger partial charge < -0.3 is 20.3 Å². The van der Waals surface area contributed by atoms with E-state index in [1.165, 1.54) is 18.7 Å². The quantitative estimate of drug-likeness (QED) is 0.252. The number of hydrogen-bond donors (Lipinski definition) is 2. The number of esters is 1. The second-order valence-electron chi connectivity index (χ2n) is 9.23. The number of amides is 2. The summed E-state index contributed by atoms with van der Waals surface area (Å²) in [7, 11) is 1.97. The van der Waals surface area contributed by atoms with Crippen LogP contribution in [-0.4, -0.2) is 48.1 Å². The molecule has 2 heterocycles. The van der Waals surface area contributed by atoms with Crippen LogP contribution in [0.25, 0.3) is 0 Å². The second-order valence-corrected chi connectivity index (χ2v) is 11.2. The number of carbonyl (C=O) groups excluding carboxylic acids is 3. The molecule has 0 radical (unpaired) electrons. The number of aliphatic imine (C=N–C) groups is 1. The smallest absolute Gasteiger partial charge is 0.303 e. The highest BCUT2D eigenvalue weighted by Crippen LogP contribution is 2.50. The SMILES string of the molecule is CCNc1ccc(NC(=O)COC(C)=O)cc1N=C1S/C(=C2\Sc3ccccc3N2C)C(=O)N1Cc1ccccc1. The number of amidine groups is 1. The minimum atomic E-state index is -0.532. The summed E-state index contributed by atoms with van der Waals surface area (Å²) in [5.74, 6) is -1.11. The Hall–Kier alpha value is -4.22. The van der Waals surface area contributed by atoms with E-state index in [1.54, 1.807) is 28.8 Å². The summed E-state index contributed by atoms with van der Waals surface area (Å²) in [5, 5.41) is 7.45. The van der Waals surface area contributed by atoms with E-state index in [2.05, 4.69) is 16.7 Å². The summed E-state index contributed by atoms with van der Waals surface area (Å²) in [6, 6.07) is 23.2. The zero-order chi connectivity index (χ0) is 28.9. The van der Waals surface area contributed by atoms with Gasteiger partial charge in [0, 0.05) is 31.1 Å². The molecule has 0 unspecified atom stereocenters. The monoisotopic (exact) mass is 587 g/mol. The summed E-state index contributed by atoms with van der Waals surface area (Å²) < 4.78 is 4.80. The largest absolute Gasteiger partial charge is 0.456 e. The topological polar surface area (TPSA) is 103 Å². The molecular formula is C30H29N5O4S2. The zero-order valence-corrected chi connectivity index (χ0v) is 24.5. The van der Waals surface area contributed by atoms with Crippen molar-refractivity contribution in [3.8, 4) is 0 Å². The predicted molar refractivity (Wildman–Crippen MR) is 165 cm³/mol. The van der Waals surface area contributed by atoms with E-state index in [4.69, 9.17) is 9.73 Å². The molecule has 0 aromatic heterocycles. The molecular weight excluding hydrogens is 558 g/mol. The van der Waals surface area contributed by atoms with Gasteiger partial charge in [-0.05, 0) is 54.6 Å². The van der Waals surface area contributed by atoms with Crippen LogP contribution in [0.5, 0.6) is 0 Å². The van der Waals surface area contributed by atoms with Gasteiger partial charge in [0.05, 0.1) is 28.6 Å². The molecule has 5 rings (SSSR count). The van der Waals surface area contributed by atoms with Gasteiger partial charge in [0.1, 0.15) is 4.91 Å². The Morgan fingerprint density at radius 1 is 1.00 bits per heavy atom. The van der Waals surface area contributed by atoms with Crippen molar-refractivity contribution in [2.75, 3.05) is 35.7 Å². The van der Waals surface area contributed by atoms with Gasteiger partial charge in [0.15, 0.2) is 11.8 Å². The van der Waals surface area contributed by atoms with Crippen LogP contribution in [0.3, 0.4) is 0 Å². The van der Waals surface area contributed by atoms with Crippen LogP contribution >= 0.6 is 23.5 Å². The van der Waals surface area contributed by atoms with Crippen LogP contribution in [0.2, 0.25) is 0 Å². The molecule has 41 heavy (non-hydrogen) atoms. The first-order valence-corrected chi connectivity index (χ1v) is 14.7. The normalized spacial score (nSPS) is 17.1. The Balaban J connectivity index is 1.52. The third-order valence-electron chi connectivity index (χ3n) is 6.25. The minimum Gasteiger partial charge on any atom is -0.456 e. The number of fused-ring (bicyclic) bond motifs is 1. The molecule has 3 aromatic rings.